The summed E-state index contributed by atoms with van der Waals surface area (Å²) in [5, 5.41) is 3.13. The summed E-state index contributed by atoms with van der Waals surface area (Å²) in [4.78, 5) is 74.8. The number of nitrogens with zero attached hydrogens (tertiary/aromatic N) is 2. The van der Waals surface area contributed by atoms with Gasteiger partial charge >= 0.3 is 288 Å². The number of unbranched alkanes of at least 4 members (excludes halogenated alkanes) is 23. The molecule has 2 rings (SSSR count). The van der Waals surface area contributed by atoms with Crippen LogP contribution in [0.15, 0.2) is 0 Å². The summed E-state index contributed by atoms with van der Waals surface area (Å²) in [7, 11) is 3.96. The zero-order valence-electron chi connectivity index (χ0n) is 47.4. The van der Waals surface area contributed by atoms with E-state index in [1.807, 2.05) is 23.9 Å². The molecular formula is C60H108IN3O7S. The second kappa shape index (κ2) is 43.1. The number of fused-ring (bicyclic) bond motifs is 1. The molecule has 0 spiro atoms. The van der Waals surface area contributed by atoms with Crippen LogP contribution in [0.3, 0.4) is 0 Å². The van der Waals surface area contributed by atoms with Gasteiger partial charge in [0.05, 0.1) is 5.92 Å². The van der Waals surface area contributed by atoms with E-state index < -0.39 is 19.8 Å². The van der Waals surface area contributed by atoms with Gasteiger partial charge in [0.25, 0.3) is 0 Å². The van der Waals surface area contributed by atoms with E-state index in [2.05, 4.69) is 37.9 Å². The fourth-order valence-corrected chi connectivity index (χ4v) is 16.5. The molecule has 1 aliphatic rings. The Labute approximate surface area is 452 Å². The van der Waals surface area contributed by atoms with E-state index in [4.69, 9.17) is 9.47 Å². The van der Waals surface area contributed by atoms with Gasteiger partial charge in [0.1, 0.15) is 0 Å². The van der Waals surface area contributed by atoms with E-state index in [1.54, 1.807) is 11.3 Å². The number of hydrogen-bond donors (Lipinski definition) is 1. The molecule has 2 heterocycles. The molecule has 2 amide bonds. The Morgan fingerprint density at radius 3 is 1.65 bits per heavy atom. The minimum absolute atomic E-state index is 0.00109. The molecule has 0 unspecified atom stereocenters. The van der Waals surface area contributed by atoms with E-state index in [9.17, 15) is 24.0 Å². The fourth-order valence-electron chi connectivity index (χ4n) is 9.80. The van der Waals surface area contributed by atoms with Crippen LogP contribution in [0.5, 0.6) is 0 Å². The van der Waals surface area contributed by atoms with Crippen molar-refractivity contribution in [2.75, 3.05) is 45.3 Å². The molecular weight excluding hydrogens is 1030 g/mol. The summed E-state index contributed by atoms with van der Waals surface area (Å²) in [6, 6.07) is 0. The van der Waals surface area contributed by atoms with Crippen LogP contribution in [0, 0.1) is 8.80 Å². The van der Waals surface area contributed by atoms with Crippen LogP contribution < -0.4 is 5.32 Å². The van der Waals surface area contributed by atoms with Gasteiger partial charge in [-0.15, -0.1) is 0 Å². The molecule has 10 nitrogen and oxygen atoms in total. The number of carbonyl (C=O) groups is 5. The number of rotatable bonds is 47. The minimum atomic E-state index is -2.43. The van der Waals surface area contributed by atoms with Crippen LogP contribution in [0.4, 0.5) is 0 Å². The fraction of sp³-hybridized carbons (Fsp3) is 0.850. The van der Waals surface area contributed by atoms with Crippen LogP contribution in [-0.4, -0.2) is 88.7 Å². The molecule has 0 atom stereocenters. The maximum absolute atomic E-state index is 13.9. The third-order valence-corrected chi connectivity index (χ3v) is 22.1. The first-order chi connectivity index (χ1) is 35.0. The molecule has 1 aromatic heterocycles. The summed E-state index contributed by atoms with van der Waals surface area (Å²) in [6.45, 7) is 11.6. The summed E-state index contributed by atoms with van der Waals surface area (Å²) < 4.78 is 13.1. The Bertz CT molecular complexity index is 1570. The molecule has 0 saturated heterocycles. The zero-order chi connectivity index (χ0) is 52.6. The molecule has 0 saturated carbocycles. The standard InChI is InChI=1S/C60H108IN3O7S/c1-8-12-16-20-24-29-37-50(38-30-25-21-17-13-9-2)60(69)70-48-36-28-33-42-55(66)64-46-44-52-53(49-64)72-58(57(52)59(68)62-45-47-63(6)7)61(5)54(65)41-34-35-43-56(67)71-51(39-31-26-22-18-14-10-3)40-32-27-23-19-15-11-4/h50-51H,8-49H2,1-7H3,(H,62,68). The van der Waals surface area contributed by atoms with E-state index in [1.165, 1.54) is 128 Å². The van der Waals surface area contributed by atoms with E-state index >= 15 is 0 Å². The van der Waals surface area contributed by atoms with Gasteiger partial charge in [-0.05, 0) is 12.8 Å². The van der Waals surface area contributed by atoms with Crippen molar-refractivity contribution in [2.24, 2.45) is 5.92 Å². The molecule has 1 N–H and O–H groups in total. The van der Waals surface area contributed by atoms with Crippen molar-refractivity contribution in [2.45, 2.75) is 278 Å². The van der Waals surface area contributed by atoms with Gasteiger partial charge in [0.15, 0.2) is 0 Å². The molecule has 418 valence electrons. The predicted molar refractivity (Wildman–Crippen MR) is 311 cm³/mol. The quantitative estimate of drug-likeness (QED) is 0.0225. The number of esters is 2. The van der Waals surface area contributed by atoms with Crippen LogP contribution >= 0.6 is 31.2 Å². The first-order valence-electron chi connectivity index (χ1n) is 29.8. The monoisotopic (exact) mass is 1140 g/mol. The van der Waals surface area contributed by atoms with Crippen molar-refractivity contribution >= 4 is 58.7 Å². The van der Waals surface area contributed by atoms with Crippen LogP contribution in [0.25, 0.3) is 0 Å². The maximum atomic E-state index is 13.9. The zero-order valence-corrected chi connectivity index (χ0v) is 50.4. The number of hydrogen-bond acceptors (Lipinski definition) is 9. The number of ether oxygens (including phenoxy) is 2. The van der Waals surface area contributed by atoms with Crippen LogP contribution in [0.2, 0.25) is 0 Å². The van der Waals surface area contributed by atoms with Crippen molar-refractivity contribution in [1.82, 2.24) is 15.1 Å². The molecule has 1 aliphatic heterocycles. The molecule has 0 bridgehead atoms. The Hall–Kier alpha value is -2.06. The average molecular weight is 1140 g/mol. The Kier molecular flexibility index (Phi) is 39.5. The second-order valence-corrected chi connectivity index (χ2v) is 28.1. The average Bonchev–Trinajstić information content (AvgIpc) is 3.75. The van der Waals surface area contributed by atoms with Gasteiger partial charge in [0, 0.05) is 0 Å². The van der Waals surface area contributed by atoms with Gasteiger partial charge in [0.2, 0.25) is 0 Å². The van der Waals surface area contributed by atoms with E-state index in [-0.39, 0.29) is 39.6 Å². The molecule has 0 aromatic carbocycles. The summed E-state index contributed by atoms with van der Waals surface area (Å²) in [6.07, 6.45) is 38.5. The molecule has 72 heavy (non-hydrogen) atoms. The first kappa shape index (κ1) is 66.1. The normalized spacial score (nSPS) is 12.8. The third-order valence-electron chi connectivity index (χ3n) is 14.5. The second-order valence-electron chi connectivity index (χ2n) is 21.3. The summed E-state index contributed by atoms with van der Waals surface area (Å²) in [5.41, 5.74) is 1.69. The summed E-state index contributed by atoms with van der Waals surface area (Å²) >= 11 is -0.852. The van der Waals surface area contributed by atoms with Gasteiger partial charge in [-0.25, -0.2) is 0 Å². The van der Waals surface area contributed by atoms with Crippen LogP contribution in [-0.2, 0) is 41.6 Å². The first-order valence-corrected chi connectivity index (χ1v) is 34.9. The van der Waals surface area contributed by atoms with E-state index in [0.717, 1.165) is 84.0 Å². The van der Waals surface area contributed by atoms with Gasteiger partial charge in [-0.1, -0.05) is 143 Å². The Morgan fingerprint density at radius 1 is 0.625 bits per heavy atom. The topological polar surface area (TPSA) is 122 Å². The number of amides is 2. The predicted octanol–water partition coefficient (Wildman–Crippen LogP) is 16.0. The van der Waals surface area contributed by atoms with Crippen molar-refractivity contribution in [3.63, 3.8) is 0 Å². The Balaban J connectivity index is 1.94. The third kappa shape index (κ3) is 29.9. The number of alkyl halides is 1. The van der Waals surface area contributed by atoms with Gasteiger partial charge in [-0.3, -0.25) is 4.79 Å². The number of likely N-dealkylation sites (N-methyl/N-ethyl adjacent to an activating group) is 1. The van der Waals surface area contributed by atoms with Crippen molar-refractivity contribution in [3.8, 4) is 0 Å². The van der Waals surface area contributed by atoms with Crippen LogP contribution in [0.1, 0.15) is 280 Å². The van der Waals surface area contributed by atoms with Gasteiger partial charge in [-0.2, -0.15) is 0 Å². The molecule has 0 radical (unpaired) electrons. The van der Waals surface area contributed by atoms with Crippen molar-refractivity contribution < 1.29 is 33.4 Å². The Morgan fingerprint density at radius 2 is 1.11 bits per heavy atom. The molecule has 0 fully saturated rings. The number of carbonyl (C=O) groups excluding carboxylic acids is 5. The van der Waals surface area contributed by atoms with E-state index in [0.29, 0.717) is 76.9 Å². The SMILES string of the molecule is CCCCCCCCC(CCCCCCCC)OC(=O)CCCCC(=O)I(C)c1sc2c(c1C(=O)NCCN(C)C)CCN(C(=O)CCCCCOC(=O)C(CCCCCCCC)CCCCCCCC)C2. The molecule has 0 aliphatic carbocycles. The van der Waals surface area contributed by atoms with Gasteiger partial charge < -0.3 is 0 Å². The van der Waals surface area contributed by atoms with Crippen molar-refractivity contribution in [3.05, 3.63) is 18.9 Å². The molecule has 12 heteroatoms. The number of nitrogens with one attached hydrogen (secondary N) is 1. The summed E-state index contributed by atoms with van der Waals surface area (Å²) in [5.74, 6) is -0.174. The van der Waals surface area contributed by atoms with Crippen molar-refractivity contribution in [1.29, 1.82) is 0 Å². The number of halogens is 1. The number of thiophene rings is 1. The molecule has 1 aromatic rings.